The summed E-state index contributed by atoms with van der Waals surface area (Å²) in [6, 6.07) is 0. The number of nitrogens with one attached hydrogen (secondary N) is 1. The maximum Gasteiger partial charge on any atom is 0.330 e. The molecule has 1 saturated heterocycles. The lowest BCUT2D eigenvalue weighted by Gasteiger charge is -2.17. The van der Waals surface area contributed by atoms with E-state index in [1.165, 1.54) is 0 Å². The first kappa shape index (κ1) is 18.1. The second kappa shape index (κ2) is 7.53. The van der Waals surface area contributed by atoms with Crippen LogP contribution in [0.15, 0.2) is 21.9 Å². The van der Waals surface area contributed by atoms with Crippen LogP contribution in [0.3, 0.4) is 0 Å². The Kier molecular flexibility index (Phi) is 5.67. The predicted octanol–water partition coefficient (Wildman–Crippen LogP) is -2.28. The van der Waals surface area contributed by atoms with Gasteiger partial charge in [-0.1, -0.05) is 0 Å². The molecule has 4 N–H and O–H groups in total. The van der Waals surface area contributed by atoms with Crippen LogP contribution in [0.4, 0.5) is 0 Å². The van der Waals surface area contributed by atoms with E-state index in [-0.39, 0.29) is 12.2 Å². The van der Waals surface area contributed by atoms with Gasteiger partial charge in [0.25, 0.3) is 5.56 Å². The largest absolute Gasteiger partial charge is 0.463 e. The number of nitrogens with zero attached hydrogens (tertiary/aromatic N) is 1. The first-order valence-corrected chi connectivity index (χ1v) is 7.21. The highest BCUT2D eigenvalue weighted by atomic mass is 16.6. The number of aliphatic hydroxyl groups excluding tert-OH is 3. The summed E-state index contributed by atoms with van der Waals surface area (Å²) in [7, 11) is 0. The van der Waals surface area contributed by atoms with Crippen molar-refractivity contribution in [3.63, 3.8) is 0 Å². The number of ether oxygens (including phenoxy) is 2. The van der Waals surface area contributed by atoms with E-state index in [2.05, 4.69) is 4.74 Å². The summed E-state index contributed by atoms with van der Waals surface area (Å²) in [6.45, 7) is 1.24. The molecule has 24 heavy (non-hydrogen) atoms. The molecule has 1 aliphatic rings. The number of aromatic amines is 1. The van der Waals surface area contributed by atoms with Crippen molar-refractivity contribution in [3.05, 3.63) is 38.7 Å². The van der Waals surface area contributed by atoms with Crippen LogP contribution < -0.4 is 11.2 Å². The van der Waals surface area contributed by atoms with Gasteiger partial charge in [-0.2, -0.15) is 0 Å². The Morgan fingerprint density at radius 2 is 2.12 bits per heavy atom. The molecule has 0 amide bonds. The van der Waals surface area contributed by atoms with Crippen LogP contribution in [0.2, 0.25) is 0 Å². The standard InChI is InChI=1S/C14H18N2O8/c1-2-23-9(18)4-3-7-5-16(14(22)15-12(7)21)13-11(20)10(19)8(6-17)24-13/h3-5,8,10-11,13,17,19-20H,2,6H2,1H3,(H,15,21,22). The van der Waals surface area contributed by atoms with Crippen LogP contribution in [0, 0.1) is 0 Å². The van der Waals surface area contributed by atoms with Gasteiger partial charge in [0.15, 0.2) is 6.23 Å². The number of hydrogen-bond acceptors (Lipinski definition) is 8. The van der Waals surface area contributed by atoms with E-state index in [0.717, 1.165) is 22.9 Å². The fraction of sp³-hybridized carbons (Fsp3) is 0.500. The first-order chi connectivity index (χ1) is 11.4. The van der Waals surface area contributed by atoms with E-state index in [9.17, 15) is 24.6 Å². The monoisotopic (exact) mass is 342 g/mol. The second-order valence-corrected chi connectivity index (χ2v) is 5.07. The van der Waals surface area contributed by atoms with Gasteiger partial charge in [0.05, 0.1) is 18.8 Å². The molecule has 0 aliphatic carbocycles. The number of esters is 1. The van der Waals surface area contributed by atoms with Crippen molar-refractivity contribution in [3.8, 4) is 0 Å². The summed E-state index contributed by atoms with van der Waals surface area (Å²) in [5.74, 6) is -0.664. The van der Waals surface area contributed by atoms with Gasteiger partial charge in [-0.3, -0.25) is 14.3 Å². The maximum absolute atomic E-state index is 11.9. The molecule has 0 radical (unpaired) electrons. The summed E-state index contributed by atoms with van der Waals surface area (Å²) < 4.78 is 10.8. The number of carbonyl (C=O) groups is 1. The number of H-pyrrole nitrogens is 1. The minimum Gasteiger partial charge on any atom is -0.463 e. The molecule has 1 aromatic heterocycles. The van der Waals surface area contributed by atoms with E-state index in [1.54, 1.807) is 6.92 Å². The highest BCUT2D eigenvalue weighted by Crippen LogP contribution is 2.27. The van der Waals surface area contributed by atoms with Crippen molar-refractivity contribution in [2.24, 2.45) is 0 Å². The first-order valence-electron chi connectivity index (χ1n) is 7.21. The van der Waals surface area contributed by atoms with Crippen LogP contribution in [-0.4, -0.2) is 62.4 Å². The maximum atomic E-state index is 11.9. The summed E-state index contributed by atoms with van der Waals surface area (Å²) >= 11 is 0. The molecule has 132 valence electrons. The van der Waals surface area contributed by atoms with Gasteiger partial charge in [0.1, 0.15) is 18.3 Å². The van der Waals surface area contributed by atoms with Gasteiger partial charge >= 0.3 is 11.7 Å². The molecule has 1 aliphatic heterocycles. The third-order valence-corrected chi connectivity index (χ3v) is 3.47. The molecule has 10 heteroatoms. The molecule has 0 saturated carbocycles. The Morgan fingerprint density at radius 1 is 1.42 bits per heavy atom. The Morgan fingerprint density at radius 3 is 2.71 bits per heavy atom. The number of aliphatic hydroxyl groups is 3. The van der Waals surface area contributed by atoms with Crippen molar-refractivity contribution in [2.75, 3.05) is 13.2 Å². The van der Waals surface area contributed by atoms with E-state index in [1.807, 2.05) is 4.98 Å². The lowest BCUT2D eigenvalue weighted by Crippen LogP contribution is -2.38. The lowest BCUT2D eigenvalue weighted by molar-refractivity contribution is -0.137. The van der Waals surface area contributed by atoms with Crippen LogP contribution in [0.25, 0.3) is 6.08 Å². The smallest absolute Gasteiger partial charge is 0.330 e. The van der Waals surface area contributed by atoms with Crippen LogP contribution in [0.5, 0.6) is 0 Å². The van der Waals surface area contributed by atoms with Gasteiger partial charge in [-0.25, -0.2) is 9.59 Å². The molecular formula is C14H18N2O8. The third kappa shape index (κ3) is 3.62. The molecule has 4 atom stereocenters. The normalized spacial score (nSPS) is 26.8. The summed E-state index contributed by atoms with van der Waals surface area (Å²) in [5, 5.41) is 28.8. The molecule has 0 spiro atoms. The average molecular weight is 342 g/mol. The van der Waals surface area contributed by atoms with Gasteiger partial charge in [0, 0.05) is 12.3 Å². The fourth-order valence-electron chi connectivity index (χ4n) is 2.27. The zero-order valence-corrected chi connectivity index (χ0v) is 12.8. The van der Waals surface area contributed by atoms with E-state index < -0.39 is 48.4 Å². The molecule has 0 aromatic carbocycles. The molecule has 1 aromatic rings. The second-order valence-electron chi connectivity index (χ2n) is 5.07. The zero-order chi connectivity index (χ0) is 17.9. The Labute approximate surface area is 135 Å². The van der Waals surface area contributed by atoms with E-state index >= 15 is 0 Å². The molecule has 10 nitrogen and oxygen atoms in total. The highest BCUT2D eigenvalue weighted by molar-refractivity contribution is 5.86. The predicted molar refractivity (Wildman–Crippen MR) is 80.0 cm³/mol. The third-order valence-electron chi connectivity index (χ3n) is 3.47. The molecule has 0 bridgehead atoms. The Bertz CT molecular complexity index is 737. The Balaban J connectivity index is 2.35. The zero-order valence-electron chi connectivity index (χ0n) is 12.8. The topological polar surface area (TPSA) is 151 Å². The fourth-order valence-corrected chi connectivity index (χ4v) is 2.27. The van der Waals surface area contributed by atoms with E-state index in [0.29, 0.717) is 0 Å². The number of rotatable bonds is 5. The molecule has 4 unspecified atom stereocenters. The van der Waals surface area contributed by atoms with Gasteiger partial charge in [0.2, 0.25) is 0 Å². The molecular weight excluding hydrogens is 324 g/mol. The number of carbonyl (C=O) groups excluding carboxylic acids is 1. The van der Waals surface area contributed by atoms with Crippen molar-refractivity contribution < 1.29 is 29.6 Å². The molecule has 1 fully saturated rings. The number of hydrogen-bond donors (Lipinski definition) is 4. The van der Waals surface area contributed by atoms with Gasteiger partial charge in [-0.05, 0) is 13.0 Å². The summed E-state index contributed by atoms with van der Waals surface area (Å²) in [5.41, 5.74) is -1.67. The van der Waals surface area contributed by atoms with Crippen molar-refractivity contribution in [1.29, 1.82) is 0 Å². The molecule has 2 rings (SSSR count). The Hall–Kier alpha value is -2.27. The SMILES string of the molecule is CCOC(=O)C=Cc1cn(C2OC(CO)C(O)C2O)c(=O)[nH]c1=O. The summed E-state index contributed by atoms with van der Waals surface area (Å²) in [6.07, 6.45) is -1.99. The van der Waals surface area contributed by atoms with E-state index in [4.69, 9.17) is 9.84 Å². The minimum atomic E-state index is -1.48. The number of aromatic nitrogens is 2. The van der Waals surface area contributed by atoms with Crippen LogP contribution in [0.1, 0.15) is 18.7 Å². The average Bonchev–Trinajstić information content (AvgIpc) is 2.82. The summed E-state index contributed by atoms with van der Waals surface area (Å²) in [4.78, 5) is 37.0. The van der Waals surface area contributed by atoms with Crippen molar-refractivity contribution >= 4 is 12.0 Å². The lowest BCUT2D eigenvalue weighted by atomic mass is 10.1. The quantitative estimate of drug-likeness (QED) is 0.345. The van der Waals surface area contributed by atoms with Crippen LogP contribution in [-0.2, 0) is 14.3 Å². The highest BCUT2D eigenvalue weighted by Gasteiger charge is 2.43. The minimum absolute atomic E-state index is 0.0552. The van der Waals surface area contributed by atoms with Gasteiger partial charge < -0.3 is 24.8 Å². The van der Waals surface area contributed by atoms with Crippen molar-refractivity contribution in [2.45, 2.75) is 31.5 Å². The van der Waals surface area contributed by atoms with Crippen LogP contribution >= 0.6 is 0 Å². The molecule has 2 heterocycles. The van der Waals surface area contributed by atoms with Gasteiger partial charge in [-0.15, -0.1) is 0 Å². The van der Waals surface area contributed by atoms with Crippen molar-refractivity contribution in [1.82, 2.24) is 9.55 Å².